The molecule has 2 rings (SSSR count). The number of H-pyrrole nitrogens is 1. The molecule has 16 heavy (non-hydrogen) atoms. The monoisotopic (exact) mass is 282 g/mol. The summed E-state index contributed by atoms with van der Waals surface area (Å²) in [6.45, 7) is 4.05. The Morgan fingerprint density at radius 3 is 2.69 bits per heavy atom. The third-order valence-corrected chi connectivity index (χ3v) is 3.13. The number of nitrogens with one attached hydrogen (secondary N) is 1. The molecule has 0 atom stereocenters. The van der Waals surface area contributed by atoms with Gasteiger partial charge in [-0.2, -0.15) is 0 Å². The molecule has 1 heterocycles. The molecule has 2 aromatic rings. The maximum absolute atomic E-state index is 12.0. The van der Waals surface area contributed by atoms with Crippen LogP contribution in [-0.2, 0) is 6.54 Å². The number of benzene rings is 1. The summed E-state index contributed by atoms with van der Waals surface area (Å²) in [5, 5.41) is 0.535. The number of fused-ring (bicyclic) bond motifs is 1. The van der Waals surface area contributed by atoms with Crippen LogP contribution in [0.3, 0.4) is 0 Å². The number of aromatic nitrogens is 2. The normalized spacial score (nSPS) is 10.9. The van der Waals surface area contributed by atoms with Crippen molar-refractivity contribution >= 4 is 26.8 Å². The predicted octanol–water partition coefficient (Wildman–Crippen LogP) is 1.78. The van der Waals surface area contributed by atoms with Gasteiger partial charge in [0.05, 0.1) is 10.9 Å². The molecule has 0 bridgehead atoms. The fraction of sp³-hybridized carbons (Fsp3) is 0.273. The zero-order chi connectivity index (χ0) is 11.9. The van der Waals surface area contributed by atoms with Crippen LogP contribution in [0.5, 0.6) is 0 Å². The van der Waals surface area contributed by atoms with E-state index in [0.29, 0.717) is 17.4 Å². The number of aromatic amines is 1. The van der Waals surface area contributed by atoms with E-state index in [1.54, 1.807) is 13.0 Å². The number of hydrogen-bond donors (Lipinski definition) is 1. The van der Waals surface area contributed by atoms with Gasteiger partial charge in [-0.05, 0) is 47.5 Å². The molecule has 4 nitrogen and oxygen atoms in total. The lowest BCUT2D eigenvalue weighted by molar-refractivity contribution is 0.684. The van der Waals surface area contributed by atoms with Gasteiger partial charge in [-0.3, -0.25) is 9.36 Å². The first-order valence-corrected chi connectivity index (χ1v) is 5.77. The van der Waals surface area contributed by atoms with Gasteiger partial charge >= 0.3 is 5.69 Å². The van der Waals surface area contributed by atoms with Crippen molar-refractivity contribution in [3.63, 3.8) is 0 Å². The topological polar surface area (TPSA) is 54.9 Å². The Kier molecular flexibility index (Phi) is 2.71. The van der Waals surface area contributed by atoms with Gasteiger partial charge in [-0.25, -0.2) is 4.79 Å². The maximum Gasteiger partial charge on any atom is 0.328 e. The summed E-state index contributed by atoms with van der Waals surface area (Å²) in [5.74, 6) is 0. The zero-order valence-electron chi connectivity index (χ0n) is 9.00. The van der Waals surface area contributed by atoms with Crippen molar-refractivity contribution in [3.8, 4) is 0 Å². The third-order valence-electron chi connectivity index (χ3n) is 2.50. The van der Waals surface area contributed by atoms with Crippen LogP contribution in [0.1, 0.15) is 12.5 Å². The van der Waals surface area contributed by atoms with Gasteiger partial charge in [0.25, 0.3) is 5.56 Å². The average Bonchev–Trinajstić information content (AvgIpc) is 2.21. The largest absolute Gasteiger partial charge is 0.328 e. The van der Waals surface area contributed by atoms with Gasteiger partial charge in [-0.15, -0.1) is 0 Å². The van der Waals surface area contributed by atoms with E-state index in [2.05, 4.69) is 20.9 Å². The molecule has 0 amide bonds. The van der Waals surface area contributed by atoms with Gasteiger partial charge in [0.2, 0.25) is 0 Å². The molecular formula is C11H11BrN2O2. The fourth-order valence-corrected chi connectivity index (χ4v) is 2.41. The number of rotatable bonds is 1. The van der Waals surface area contributed by atoms with Crippen molar-refractivity contribution < 1.29 is 0 Å². The lowest BCUT2D eigenvalue weighted by Crippen LogP contribution is -2.34. The highest BCUT2D eigenvalue weighted by Crippen LogP contribution is 2.20. The van der Waals surface area contributed by atoms with E-state index in [-0.39, 0.29) is 11.2 Å². The van der Waals surface area contributed by atoms with E-state index in [4.69, 9.17) is 0 Å². The second-order valence-corrected chi connectivity index (χ2v) is 4.50. The predicted molar refractivity (Wildman–Crippen MR) is 66.9 cm³/mol. The van der Waals surface area contributed by atoms with Gasteiger partial charge in [0.1, 0.15) is 0 Å². The highest BCUT2D eigenvalue weighted by atomic mass is 79.9. The zero-order valence-corrected chi connectivity index (χ0v) is 10.6. The van der Waals surface area contributed by atoms with Gasteiger partial charge in [-0.1, -0.05) is 0 Å². The summed E-state index contributed by atoms with van der Waals surface area (Å²) in [4.78, 5) is 26.3. The fourth-order valence-electron chi connectivity index (χ4n) is 1.74. The van der Waals surface area contributed by atoms with Crippen molar-refractivity contribution in [2.24, 2.45) is 0 Å². The number of nitrogens with zero attached hydrogens (tertiary/aromatic N) is 1. The second-order valence-electron chi connectivity index (χ2n) is 3.65. The first-order valence-electron chi connectivity index (χ1n) is 4.97. The number of aryl methyl sites for hydroxylation is 1. The van der Waals surface area contributed by atoms with E-state index in [0.717, 1.165) is 10.0 Å². The van der Waals surface area contributed by atoms with Crippen LogP contribution < -0.4 is 11.2 Å². The highest BCUT2D eigenvalue weighted by Gasteiger charge is 2.08. The molecule has 0 aliphatic carbocycles. The van der Waals surface area contributed by atoms with Gasteiger partial charge in [0, 0.05) is 11.0 Å². The average molecular weight is 283 g/mol. The van der Waals surface area contributed by atoms with Crippen LogP contribution in [0, 0.1) is 6.92 Å². The molecular weight excluding hydrogens is 272 g/mol. The SMILES string of the molecule is CCn1c(=O)[nH]c2c(Br)cc(C)cc2c1=O. The highest BCUT2D eigenvalue weighted by molar-refractivity contribution is 9.10. The molecule has 84 valence electrons. The molecule has 1 aromatic heterocycles. The summed E-state index contributed by atoms with van der Waals surface area (Å²) >= 11 is 3.34. The van der Waals surface area contributed by atoms with Crippen LogP contribution in [0.4, 0.5) is 0 Å². The molecule has 0 fully saturated rings. The molecule has 0 radical (unpaired) electrons. The van der Waals surface area contributed by atoms with Crippen LogP contribution >= 0.6 is 15.9 Å². The van der Waals surface area contributed by atoms with Crippen molar-refractivity contribution in [1.29, 1.82) is 0 Å². The van der Waals surface area contributed by atoms with E-state index >= 15 is 0 Å². The van der Waals surface area contributed by atoms with Crippen molar-refractivity contribution in [1.82, 2.24) is 9.55 Å². The Hall–Kier alpha value is -1.36. The van der Waals surface area contributed by atoms with Crippen LogP contribution in [0.15, 0.2) is 26.2 Å². The second kappa shape index (κ2) is 3.90. The minimum absolute atomic E-state index is 0.245. The molecule has 0 unspecified atom stereocenters. The molecule has 5 heteroatoms. The van der Waals surface area contributed by atoms with Crippen LogP contribution in [0.2, 0.25) is 0 Å². The van der Waals surface area contributed by atoms with E-state index in [1.807, 2.05) is 13.0 Å². The standard InChI is InChI=1S/C11H11BrN2O2/c1-3-14-10(15)7-4-6(2)5-8(12)9(7)13-11(14)16/h4-5H,3H2,1-2H3,(H,13,16). The molecule has 1 N–H and O–H groups in total. The van der Waals surface area contributed by atoms with Crippen LogP contribution in [0.25, 0.3) is 10.9 Å². The molecule has 0 aliphatic heterocycles. The first-order chi connectivity index (χ1) is 7.54. The summed E-state index contributed by atoms with van der Waals surface area (Å²) < 4.78 is 1.92. The Morgan fingerprint density at radius 2 is 2.06 bits per heavy atom. The minimum atomic E-state index is -0.371. The minimum Gasteiger partial charge on any atom is -0.306 e. The number of halogens is 1. The quantitative estimate of drug-likeness (QED) is 0.867. The molecule has 0 aliphatic rings. The first kappa shape index (κ1) is 11.1. The Balaban J connectivity index is 3.05. The van der Waals surface area contributed by atoms with Gasteiger partial charge in [0.15, 0.2) is 0 Å². The number of hydrogen-bond acceptors (Lipinski definition) is 2. The lowest BCUT2D eigenvalue weighted by atomic mass is 10.2. The lowest BCUT2D eigenvalue weighted by Gasteiger charge is -2.05. The third kappa shape index (κ3) is 1.61. The Bertz CT molecular complexity index is 670. The molecule has 0 saturated carbocycles. The summed E-state index contributed by atoms with van der Waals surface area (Å²) in [5.41, 5.74) is 0.923. The van der Waals surface area contributed by atoms with Crippen molar-refractivity contribution in [3.05, 3.63) is 43.0 Å². The van der Waals surface area contributed by atoms with Crippen molar-refractivity contribution in [2.45, 2.75) is 20.4 Å². The molecule has 1 aromatic carbocycles. The van der Waals surface area contributed by atoms with Gasteiger partial charge < -0.3 is 4.98 Å². The Labute approximate surface area is 100 Å². The van der Waals surface area contributed by atoms with Crippen molar-refractivity contribution in [2.75, 3.05) is 0 Å². The van der Waals surface area contributed by atoms with Crippen LogP contribution in [-0.4, -0.2) is 9.55 Å². The Morgan fingerprint density at radius 1 is 1.38 bits per heavy atom. The van der Waals surface area contributed by atoms with E-state index < -0.39 is 0 Å². The molecule has 0 saturated heterocycles. The van der Waals surface area contributed by atoms with E-state index in [9.17, 15) is 9.59 Å². The summed E-state index contributed by atoms with van der Waals surface area (Å²) in [7, 11) is 0. The molecule has 0 spiro atoms. The maximum atomic E-state index is 12.0. The smallest absolute Gasteiger partial charge is 0.306 e. The van der Waals surface area contributed by atoms with E-state index in [1.165, 1.54) is 4.57 Å². The summed E-state index contributed by atoms with van der Waals surface area (Å²) in [6, 6.07) is 3.65. The summed E-state index contributed by atoms with van der Waals surface area (Å²) in [6.07, 6.45) is 0.